The highest BCUT2D eigenvalue weighted by molar-refractivity contribution is 6.03. The van der Waals surface area contributed by atoms with E-state index < -0.39 is 0 Å². The molecule has 3 heterocycles. The standard InChI is InChI=1S/C17H23N3O3/c1-13(2)17(21)15-12-18-20-4-3-14(11-16(15)20)23-10-7-19-5-8-22-9-6-19/h3-4,11-13H,5-10H2,1-2H3. The van der Waals surface area contributed by atoms with Gasteiger partial charge >= 0.3 is 0 Å². The predicted octanol–water partition coefficient (Wildman–Crippen LogP) is 1.88. The van der Waals surface area contributed by atoms with Crippen molar-refractivity contribution in [2.75, 3.05) is 39.5 Å². The van der Waals surface area contributed by atoms with Gasteiger partial charge in [-0.25, -0.2) is 4.52 Å². The Morgan fingerprint density at radius 2 is 2.17 bits per heavy atom. The first-order valence-electron chi connectivity index (χ1n) is 8.09. The van der Waals surface area contributed by atoms with Crippen molar-refractivity contribution in [1.82, 2.24) is 14.5 Å². The lowest BCUT2D eigenvalue weighted by Gasteiger charge is -2.26. The first-order valence-corrected chi connectivity index (χ1v) is 8.09. The normalized spacial score (nSPS) is 16.1. The summed E-state index contributed by atoms with van der Waals surface area (Å²) < 4.78 is 12.9. The van der Waals surface area contributed by atoms with Gasteiger partial charge in [0.1, 0.15) is 12.4 Å². The minimum atomic E-state index is -0.0473. The summed E-state index contributed by atoms with van der Waals surface area (Å²) in [5.41, 5.74) is 1.45. The molecular weight excluding hydrogens is 294 g/mol. The van der Waals surface area contributed by atoms with Crippen LogP contribution in [0.25, 0.3) is 5.52 Å². The number of hydrogen-bond donors (Lipinski definition) is 0. The summed E-state index contributed by atoms with van der Waals surface area (Å²) in [4.78, 5) is 14.6. The average Bonchev–Trinajstić information content (AvgIpc) is 2.98. The molecule has 2 aromatic heterocycles. The smallest absolute Gasteiger partial charge is 0.169 e. The van der Waals surface area contributed by atoms with Gasteiger partial charge < -0.3 is 9.47 Å². The molecule has 3 rings (SSSR count). The van der Waals surface area contributed by atoms with E-state index in [2.05, 4.69) is 10.00 Å². The first-order chi connectivity index (χ1) is 11.1. The molecule has 0 radical (unpaired) electrons. The van der Waals surface area contributed by atoms with Crippen molar-refractivity contribution >= 4 is 11.3 Å². The van der Waals surface area contributed by atoms with Gasteiger partial charge in [-0.1, -0.05) is 13.8 Å². The summed E-state index contributed by atoms with van der Waals surface area (Å²) in [6.07, 6.45) is 3.46. The molecule has 0 atom stereocenters. The Morgan fingerprint density at radius 1 is 1.39 bits per heavy atom. The fourth-order valence-electron chi connectivity index (χ4n) is 2.67. The molecule has 1 aliphatic heterocycles. The molecule has 0 saturated carbocycles. The van der Waals surface area contributed by atoms with Crippen LogP contribution in [0.5, 0.6) is 5.75 Å². The van der Waals surface area contributed by atoms with Crippen LogP contribution in [0.1, 0.15) is 24.2 Å². The van der Waals surface area contributed by atoms with Crippen LogP contribution in [0.15, 0.2) is 24.5 Å². The van der Waals surface area contributed by atoms with E-state index in [9.17, 15) is 4.79 Å². The van der Waals surface area contributed by atoms with Crippen LogP contribution in [-0.2, 0) is 4.74 Å². The van der Waals surface area contributed by atoms with E-state index in [4.69, 9.17) is 9.47 Å². The SMILES string of the molecule is CC(C)C(=O)c1cnn2ccc(OCCN3CCOCC3)cc12. The third-order valence-electron chi connectivity index (χ3n) is 4.06. The maximum atomic E-state index is 12.2. The molecule has 1 aliphatic rings. The van der Waals surface area contributed by atoms with Crippen LogP contribution in [0.4, 0.5) is 0 Å². The van der Waals surface area contributed by atoms with E-state index in [1.165, 1.54) is 0 Å². The van der Waals surface area contributed by atoms with Crippen molar-refractivity contribution < 1.29 is 14.3 Å². The van der Waals surface area contributed by atoms with E-state index in [0.29, 0.717) is 12.2 Å². The zero-order chi connectivity index (χ0) is 16.2. The van der Waals surface area contributed by atoms with Gasteiger partial charge in [-0.15, -0.1) is 0 Å². The highest BCUT2D eigenvalue weighted by Gasteiger charge is 2.16. The molecule has 0 unspecified atom stereocenters. The second kappa shape index (κ2) is 7.10. The van der Waals surface area contributed by atoms with Crippen LogP contribution in [0.3, 0.4) is 0 Å². The Hall–Kier alpha value is -1.92. The monoisotopic (exact) mass is 317 g/mol. The minimum absolute atomic E-state index is 0.0473. The van der Waals surface area contributed by atoms with E-state index in [-0.39, 0.29) is 11.7 Å². The van der Waals surface area contributed by atoms with Gasteiger partial charge in [-0.2, -0.15) is 5.10 Å². The lowest BCUT2D eigenvalue weighted by Crippen LogP contribution is -2.38. The summed E-state index contributed by atoms with van der Waals surface area (Å²) in [5, 5.41) is 4.24. The number of rotatable bonds is 6. The van der Waals surface area contributed by atoms with Gasteiger partial charge in [0.2, 0.25) is 0 Å². The van der Waals surface area contributed by atoms with Crippen molar-refractivity contribution in [1.29, 1.82) is 0 Å². The van der Waals surface area contributed by atoms with E-state index >= 15 is 0 Å². The van der Waals surface area contributed by atoms with Crippen LogP contribution >= 0.6 is 0 Å². The van der Waals surface area contributed by atoms with Gasteiger partial charge in [-0.05, 0) is 6.07 Å². The highest BCUT2D eigenvalue weighted by atomic mass is 16.5. The summed E-state index contributed by atoms with van der Waals surface area (Å²) >= 11 is 0. The number of carbonyl (C=O) groups excluding carboxylic acids is 1. The fraction of sp³-hybridized carbons (Fsp3) is 0.529. The zero-order valence-corrected chi connectivity index (χ0v) is 13.7. The Bertz CT molecular complexity index is 675. The molecule has 23 heavy (non-hydrogen) atoms. The van der Waals surface area contributed by atoms with E-state index in [1.807, 2.05) is 32.2 Å². The van der Waals surface area contributed by atoms with Crippen molar-refractivity contribution in [3.8, 4) is 5.75 Å². The van der Waals surface area contributed by atoms with Gasteiger partial charge in [0.05, 0.1) is 30.5 Å². The Morgan fingerprint density at radius 3 is 2.91 bits per heavy atom. The maximum absolute atomic E-state index is 12.2. The summed E-state index contributed by atoms with van der Waals surface area (Å²) in [5.74, 6) is 0.823. The second-order valence-corrected chi connectivity index (χ2v) is 6.07. The Balaban J connectivity index is 1.66. The van der Waals surface area contributed by atoms with E-state index in [1.54, 1.807) is 10.7 Å². The lowest BCUT2D eigenvalue weighted by atomic mass is 10.0. The number of aromatic nitrogens is 2. The molecule has 6 nitrogen and oxygen atoms in total. The van der Waals surface area contributed by atoms with Crippen LogP contribution in [0.2, 0.25) is 0 Å². The third-order valence-corrected chi connectivity index (χ3v) is 4.06. The molecule has 6 heteroatoms. The molecule has 1 fully saturated rings. The molecule has 0 spiro atoms. The number of fused-ring (bicyclic) bond motifs is 1. The number of nitrogens with zero attached hydrogens (tertiary/aromatic N) is 3. The van der Waals surface area contributed by atoms with Crippen molar-refractivity contribution in [3.05, 3.63) is 30.1 Å². The fourth-order valence-corrected chi connectivity index (χ4v) is 2.67. The minimum Gasteiger partial charge on any atom is -0.492 e. The molecule has 0 aromatic carbocycles. The van der Waals surface area contributed by atoms with Gasteiger partial charge in [0.15, 0.2) is 5.78 Å². The molecule has 0 amide bonds. The molecular formula is C17H23N3O3. The number of ketones is 1. The van der Waals surface area contributed by atoms with Crippen molar-refractivity contribution in [3.63, 3.8) is 0 Å². The van der Waals surface area contributed by atoms with Crippen LogP contribution < -0.4 is 4.74 Å². The van der Waals surface area contributed by atoms with Crippen molar-refractivity contribution in [2.24, 2.45) is 5.92 Å². The predicted molar refractivity (Wildman–Crippen MR) is 87.1 cm³/mol. The van der Waals surface area contributed by atoms with Crippen molar-refractivity contribution in [2.45, 2.75) is 13.8 Å². The number of morpholine rings is 1. The topological polar surface area (TPSA) is 56.1 Å². The lowest BCUT2D eigenvalue weighted by molar-refractivity contribution is 0.0322. The van der Waals surface area contributed by atoms with Crippen LogP contribution in [0, 0.1) is 5.92 Å². The van der Waals surface area contributed by atoms with Gasteiger partial charge in [-0.3, -0.25) is 9.69 Å². The van der Waals surface area contributed by atoms with Crippen LogP contribution in [-0.4, -0.2) is 59.8 Å². The Kier molecular flexibility index (Phi) is 4.93. The summed E-state index contributed by atoms with van der Waals surface area (Å²) in [7, 11) is 0. The molecule has 124 valence electrons. The number of pyridine rings is 1. The zero-order valence-electron chi connectivity index (χ0n) is 13.7. The molecule has 1 saturated heterocycles. The molecule has 0 bridgehead atoms. The largest absolute Gasteiger partial charge is 0.492 e. The molecule has 0 N–H and O–H groups in total. The first kappa shape index (κ1) is 16.0. The van der Waals surface area contributed by atoms with E-state index in [0.717, 1.165) is 44.1 Å². The van der Waals surface area contributed by atoms with Gasteiger partial charge in [0.25, 0.3) is 0 Å². The summed E-state index contributed by atoms with van der Waals surface area (Å²) in [6, 6.07) is 3.77. The number of hydrogen-bond acceptors (Lipinski definition) is 5. The Labute approximate surface area is 136 Å². The molecule has 0 aliphatic carbocycles. The average molecular weight is 317 g/mol. The molecule has 2 aromatic rings. The summed E-state index contributed by atoms with van der Waals surface area (Å²) in [6.45, 7) is 8.80. The maximum Gasteiger partial charge on any atom is 0.169 e. The number of ether oxygens (including phenoxy) is 2. The highest BCUT2D eigenvalue weighted by Crippen LogP contribution is 2.20. The van der Waals surface area contributed by atoms with Gasteiger partial charge in [0, 0.05) is 37.8 Å². The second-order valence-electron chi connectivity index (χ2n) is 6.07. The third kappa shape index (κ3) is 3.71. The quantitative estimate of drug-likeness (QED) is 0.762. The number of Topliss-reactive ketones (excluding diaryl/α,β-unsaturated/α-hetero) is 1. The number of carbonyl (C=O) groups is 1.